The summed E-state index contributed by atoms with van der Waals surface area (Å²) in [5.41, 5.74) is -0.543. The number of amides is 1. The number of nitrogens with one attached hydrogen (secondary N) is 1. The van der Waals surface area contributed by atoms with Crippen molar-refractivity contribution in [2.45, 2.75) is 6.92 Å². The van der Waals surface area contributed by atoms with Gasteiger partial charge in [-0.1, -0.05) is 0 Å². The molecule has 0 heterocycles. The number of hydrogen-bond donors (Lipinski definition) is 2. The summed E-state index contributed by atoms with van der Waals surface area (Å²) < 4.78 is 10.4. The van der Waals surface area contributed by atoms with Gasteiger partial charge in [-0.25, -0.2) is 0 Å². The number of ether oxygens (including phenoxy) is 2. The molecular weight excluding hydrogens is 340 g/mol. The number of carbonyl (C=O) groups is 2. The van der Waals surface area contributed by atoms with Gasteiger partial charge in [0.15, 0.2) is 11.5 Å². The van der Waals surface area contributed by atoms with E-state index in [1.165, 1.54) is 13.2 Å². The van der Waals surface area contributed by atoms with E-state index in [1.54, 1.807) is 6.92 Å². The molecule has 0 aliphatic heterocycles. The number of carboxylic acid groups (broad SMARTS) is 1. The quantitative estimate of drug-likeness (QED) is 0.366. The first-order valence-corrected chi connectivity index (χ1v) is 8.13. The molecule has 0 bridgehead atoms. The minimum atomic E-state index is -0.946. The molecule has 1 amide bonds. The number of nitrogens with zero attached hydrogens (tertiary/aromatic N) is 1. The summed E-state index contributed by atoms with van der Waals surface area (Å²) in [6.45, 7) is 2.23. The molecule has 0 atom stereocenters. The molecule has 1 aromatic carbocycles. The van der Waals surface area contributed by atoms with Crippen molar-refractivity contribution in [1.29, 1.82) is 0 Å². The van der Waals surface area contributed by atoms with E-state index in [2.05, 4.69) is 5.32 Å². The van der Waals surface area contributed by atoms with E-state index in [9.17, 15) is 19.7 Å². The minimum Gasteiger partial charge on any atom is -0.493 e. The lowest BCUT2D eigenvalue weighted by atomic mass is 10.1. The maximum atomic E-state index is 12.2. The van der Waals surface area contributed by atoms with Crippen LogP contribution in [0.1, 0.15) is 17.3 Å². The number of carbonyl (C=O) groups excluding carboxylic acids is 1. The van der Waals surface area contributed by atoms with Crippen LogP contribution in [0.3, 0.4) is 0 Å². The molecule has 1 rings (SSSR count). The molecule has 10 heteroatoms. The lowest BCUT2D eigenvalue weighted by Gasteiger charge is -2.12. The molecule has 0 saturated carbocycles. The fourth-order valence-corrected chi connectivity index (χ4v) is 2.37. The number of aliphatic carboxylic acids is 1. The molecule has 0 unspecified atom stereocenters. The summed E-state index contributed by atoms with van der Waals surface area (Å²) in [5.74, 6) is -0.888. The number of carboxylic acids is 1. The SMILES string of the molecule is CCOc1cc(C(=O)NCCSCC(=O)O)c([N+](=O)[O-])cc1OC. The average molecular weight is 358 g/mol. The van der Waals surface area contributed by atoms with Crippen LogP contribution in [0, 0.1) is 10.1 Å². The van der Waals surface area contributed by atoms with Gasteiger partial charge in [-0.05, 0) is 6.92 Å². The minimum absolute atomic E-state index is 0.0763. The summed E-state index contributed by atoms with van der Waals surface area (Å²) in [4.78, 5) is 33.1. The van der Waals surface area contributed by atoms with Crippen LogP contribution in [0.5, 0.6) is 11.5 Å². The van der Waals surface area contributed by atoms with Gasteiger partial charge in [-0.15, -0.1) is 11.8 Å². The molecule has 132 valence electrons. The summed E-state index contributed by atoms with van der Waals surface area (Å²) in [7, 11) is 1.35. The lowest BCUT2D eigenvalue weighted by Crippen LogP contribution is -2.26. The van der Waals surface area contributed by atoms with Gasteiger partial charge in [0.05, 0.1) is 30.5 Å². The summed E-state index contributed by atoms with van der Waals surface area (Å²) >= 11 is 1.13. The van der Waals surface area contributed by atoms with Crippen molar-refractivity contribution < 1.29 is 29.1 Å². The Hall–Kier alpha value is -2.49. The van der Waals surface area contributed by atoms with E-state index in [1.807, 2.05) is 0 Å². The maximum absolute atomic E-state index is 12.2. The van der Waals surface area contributed by atoms with E-state index in [-0.39, 0.29) is 29.4 Å². The molecule has 0 radical (unpaired) electrons. The Labute approximate surface area is 142 Å². The van der Waals surface area contributed by atoms with Crippen molar-refractivity contribution in [3.05, 3.63) is 27.8 Å². The van der Waals surface area contributed by atoms with Crippen molar-refractivity contribution in [2.24, 2.45) is 0 Å². The zero-order valence-corrected chi connectivity index (χ0v) is 14.1. The molecule has 24 heavy (non-hydrogen) atoms. The molecule has 0 aliphatic carbocycles. The van der Waals surface area contributed by atoms with Crippen LogP contribution in [0.25, 0.3) is 0 Å². The second-order valence-electron chi connectivity index (χ2n) is 4.41. The lowest BCUT2D eigenvalue weighted by molar-refractivity contribution is -0.385. The van der Waals surface area contributed by atoms with Gasteiger partial charge in [0.1, 0.15) is 5.56 Å². The Morgan fingerprint density at radius 1 is 1.38 bits per heavy atom. The predicted octanol–water partition coefficient (Wildman–Crippen LogP) is 1.55. The second-order valence-corrected chi connectivity index (χ2v) is 5.52. The zero-order valence-electron chi connectivity index (χ0n) is 13.2. The van der Waals surface area contributed by atoms with E-state index in [0.717, 1.165) is 17.8 Å². The summed E-state index contributed by atoms with van der Waals surface area (Å²) in [5, 5.41) is 22.2. The predicted molar refractivity (Wildman–Crippen MR) is 88.1 cm³/mol. The van der Waals surface area contributed by atoms with Crippen molar-refractivity contribution in [3.8, 4) is 11.5 Å². The molecule has 0 aromatic heterocycles. The van der Waals surface area contributed by atoms with Gasteiger partial charge in [0.25, 0.3) is 11.6 Å². The summed E-state index contributed by atoms with van der Waals surface area (Å²) in [6, 6.07) is 2.40. The molecular formula is C14H18N2O7S. The van der Waals surface area contributed by atoms with Gasteiger partial charge in [0.2, 0.25) is 0 Å². The third kappa shape index (κ3) is 5.61. The second kappa shape index (κ2) is 9.60. The normalized spacial score (nSPS) is 10.1. The van der Waals surface area contributed by atoms with Crippen molar-refractivity contribution in [3.63, 3.8) is 0 Å². The van der Waals surface area contributed by atoms with E-state index in [0.29, 0.717) is 12.4 Å². The Bertz CT molecular complexity index is 621. The molecule has 2 N–H and O–H groups in total. The molecule has 1 aromatic rings. The van der Waals surface area contributed by atoms with Crippen molar-refractivity contribution >= 4 is 29.3 Å². The molecule has 0 saturated heterocycles. The Kier molecular flexibility index (Phi) is 7.83. The Morgan fingerprint density at radius 2 is 2.08 bits per heavy atom. The zero-order chi connectivity index (χ0) is 18.1. The molecule has 0 fully saturated rings. The monoisotopic (exact) mass is 358 g/mol. The fraction of sp³-hybridized carbons (Fsp3) is 0.429. The van der Waals surface area contributed by atoms with Crippen LogP contribution in [0.15, 0.2) is 12.1 Å². The average Bonchev–Trinajstić information content (AvgIpc) is 2.53. The largest absolute Gasteiger partial charge is 0.493 e. The van der Waals surface area contributed by atoms with Crippen LogP contribution in [0.2, 0.25) is 0 Å². The molecule has 0 spiro atoms. The third-order valence-corrected chi connectivity index (χ3v) is 3.72. The Balaban J connectivity index is 2.90. The summed E-state index contributed by atoms with van der Waals surface area (Å²) in [6.07, 6.45) is 0. The van der Waals surface area contributed by atoms with Gasteiger partial charge in [-0.3, -0.25) is 19.7 Å². The third-order valence-electron chi connectivity index (χ3n) is 2.78. The van der Waals surface area contributed by atoms with Crippen LogP contribution in [-0.4, -0.2) is 53.7 Å². The topological polar surface area (TPSA) is 128 Å². The molecule has 9 nitrogen and oxygen atoms in total. The van der Waals surface area contributed by atoms with Gasteiger partial charge in [-0.2, -0.15) is 0 Å². The standard InChI is InChI=1S/C14H18N2O7S/c1-3-23-12-6-9(10(16(20)21)7-11(12)22-2)14(19)15-4-5-24-8-13(17)18/h6-7H,3-5,8H2,1-2H3,(H,15,19)(H,17,18). The number of methoxy groups -OCH3 is 1. The Morgan fingerprint density at radius 3 is 2.62 bits per heavy atom. The highest BCUT2D eigenvalue weighted by Gasteiger charge is 2.24. The number of thioether (sulfide) groups is 1. The van der Waals surface area contributed by atoms with E-state index >= 15 is 0 Å². The fourth-order valence-electron chi connectivity index (χ4n) is 1.80. The highest BCUT2D eigenvalue weighted by molar-refractivity contribution is 7.99. The number of nitro benzene ring substituents is 1. The first kappa shape index (κ1) is 19.6. The van der Waals surface area contributed by atoms with Crippen LogP contribution in [0.4, 0.5) is 5.69 Å². The van der Waals surface area contributed by atoms with Crippen LogP contribution >= 0.6 is 11.8 Å². The number of nitro groups is 1. The highest BCUT2D eigenvalue weighted by Crippen LogP contribution is 2.34. The number of benzene rings is 1. The number of rotatable bonds is 10. The first-order chi connectivity index (χ1) is 11.4. The van der Waals surface area contributed by atoms with Gasteiger partial charge in [0, 0.05) is 18.4 Å². The first-order valence-electron chi connectivity index (χ1n) is 6.97. The smallest absolute Gasteiger partial charge is 0.313 e. The van der Waals surface area contributed by atoms with Crippen molar-refractivity contribution in [1.82, 2.24) is 5.32 Å². The van der Waals surface area contributed by atoms with Crippen LogP contribution in [-0.2, 0) is 4.79 Å². The highest BCUT2D eigenvalue weighted by atomic mass is 32.2. The van der Waals surface area contributed by atoms with Gasteiger partial charge < -0.3 is 19.9 Å². The number of hydrogen-bond acceptors (Lipinski definition) is 7. The maximum Gasteiger partial charge on any atom is 0.313 e. The molecule has 0 aliphatic rings. The van der Waals surface area contributed by atoms with Gasteiger partial charge >= 0.3 is 5.97 Å². The van der Waals surface area contributed by atoms with E-state index < -0.39 is 22.5 Å². The van der Waals surface area contributed by atoms with E-state index in [4.69, 9.17) is 14.6 Å². The van der Waals surface area contributed by atoms with Crippen LogP contribution < -0.4 is 14.8 Å². The van der Waals surface area contributed by atoms with Crippen molar-refractivity contribution in [2.75, 3.05) is 31.8 Å².